The molecule has 3 rings (SSSR count). The van der Waals surface area contributed by atoms with Crippen molar-refractivity contribution in [2.45, 2.75) is 69.6 Å². The molecule has 22 nitrogen and oxygen atoms in total. The molecule has 22 heteroatoms. The summed E-state index contributed by atoms with van der Waals surface area (Å²) in [5.41, 5.74) is 29.1. The number of nitrogen functional groups attached to an aromatic ring is 2. The number of anilines is 3. The van der Waals surface area contributed by atoms with Crippen molar-refractivity contribution in [1.29, 1.82) is 0 Å². The SMILES string of the molecule is CN(Cc1cnc2nc(N)nc(N)c2n1)c1ccc(C(=O)NC(CCC(=O)O)C(=O)O)cc1.NC(CCC(=O)O)C(=O)O.NCCCCC(N)C(=O)O. The Morgan fingerprint density at radius 2 is 1.34 bits per heavy atom. The van der Waals surface area contributed by atoms with Crippen LogP contribution in [0.2, 0.25) is 0 Å². The van der Waals surface area contributed by atoms with E-state index in [-0.39, 0.29) is 43.0 Å². The van der Waals surface area contributed by atoms with Gasteiger partial charge in [-0.1, -0.05) is 6.42 Å². The average Bonchev–Trinajstić information content (AvgIpc) is 3.09. The molecule has 16 N–H and O–H groups in total. The zero-order valence-electron chi connectivity index (χ0n) is 28.8. The third kappa shape index (κ3) is 17.0. The molecular weight excluding hydrogens is 702 g/mol. The average molecular weight is 748 g/mol. The van der Waals surface area contributed by atoms with Gasteiger partial charge in [-0.3, -0.25) is 24.0 Å². The molecule has 3 atom stereocenters. The van der Waals surface area contributed by atoms with Crippen LogP contribution in [-0.2, 0) is 30.5 Å². The number of benzene rings is 1. The van der Waals surface area contributed by atoms with E-state index in [2.05, 4.69) is 25.3 Å². The standard InChI is InChI=1S/C20H22N8O5.C6H14N2O2.C5H9NO4/c1-28(9-11-8-23-17-15(24-11)16(21)26-20(22)27-17)12-4-2-10(3-5-12)18(31)25-13(19(32)33)6-7-14(29)30;7-4-2-1-3-5(8)6(9)10;6-3(5(9)10)1-2-4(7)8/h2-5,8,13H,6-7,9H2,1H3,(H,25,31)(H,29,30)(H,32,33)(H4,21,22,23,26,27);5H,1-4,7-8H2,(H,9,10);3H,1-2,6H2,(H,7,8)(H,9,10). The molecule has 1 aromatic carbocycles. The molecule has 2 heterocycles. The molecule has 0 aliphatic heterocycles. The fourth-order valence-corrected chi connectivity index (χ4v) is 4.06. The lowest BCUT2D eigenvalue weighted by Gasteiger charge is -2.19. The minimum Gasteiger partial charge on any atom is -0.481 e. The van der Waals surface area contributed by atoms with E-state index in [1.165, 1.54) is 12.1 Å². The number of amides is 1. The fraction of sp³-hybridized carbons (Fsp3) is 0.419. The number of nitrogens with two attached hydrogens (primary N) is 5. The van der Waals surface area contributed by atoms with Crippen molar-refractivity contribution in [2.24, 2.45) is 17.2 Å². The quantitative estimate of drug-likeness (QED) is 0.0699. The van der Waals surface area contributed by atoms with E-state index in [4.69, 9.17) is 49.1 Å². The van der Waals surface area contributed by atoms with E-state index in [1.54, 1.807) is 18.3 Å². The summed E-state index contributed by atoms with van der Waals surface area (Å²) in [5, 5.41) is 44.8. The number of carboxylic acids is 5. The van der Waals surface area contributed by atoms with Gasteiger partial charge < -0.3 is 64.4 Å². The Kier molecular flexibility index (Phi) is 19.0. The Morgan fingerprint density at radius 3 is 1.87 bits per heavy atom. The Bertz CT molecular complexity index is 1710. The Labute approximate surface area is 302 Å². The van der Waals surface area contributed by atoms with Gasteiger partial charge in [-0.05, 0) is 56.5 Å². The molecule has 0 radical (unpaired) electrons. The summed E-state index contributed by atoms with van der Waals surface area (Å²) in [6, 6.07) is 3.39. The van der Waals surface area contributed by atoms with Crippen LogP contribution in [-0.4, -0.2) is 113 Å². The number of rotatable bonds is 18. The number of aliphatic carboxylic acids is 5. The first-order chi connectivity index (χ1) is 24.9. The number of unbranched alkanes of at least 4 members (excludes halogenated alkanes) is 1. The predicted molar refractivity (Wildman–Crippen MR) is 189 cm³/mol. The molecule has 2 aromatic heterocycles. The molecule has 0 saturated carbocycles. The molecule has 290 valence electrons. The van der Waals surface area contributed by atoms with Gasteiger partial charge >= 0.3 is 29.8 Å². The van der Waals surface area contributed by atoms with E-state index in [1.807, 2.05) is 11.9 Å². The van der Waals surface area contributed by atoms with Crippen LogP contribution in [0.1, 0.15) is 61.0 Å². The van der Waals surface area contributed by atoms with Crippen LogP contribution in [0.15, 0.2) is 30.5 Å². The second-order valence-corrected chi connectivity index (χ2v) is 11.3. The third-order valence-corrected chi connectivity index (χ3v) is 6.99. The number of carbonyl (C=O) groups is 6. The van der Waals surface area contributed by atoms with Gasteiger partial charge in [0.2, 0.25) is 5.95 Å². The maximum atomic E-state index is 12.4. The third-order valence-electron chi connectivity index (χ3n) is 6.99. The van der Waals surface area contributed by atoms with Crippen LogP contribution < -0.4 is 38.9 Å². The molecule has 0 fully saturated rings. The lowest BCUT2D eigenvalue weighted by Crippen LogP contribution is -2.41. The number of hydrogen-bond donors (Lipinski definition) is 11. The van der Waals surface area contributed by atoms with E-state index >= 15 is 0 Å². The smallest absolute Gasteiger partial charge is 0.326 e. The van der Waals surface area contributed by atoms with Gasteiger partial charge in [0, 0.05) is 31.1 Å². The minimum absolute atomic E-state index is 0.0138. The number of nitrogens with zero attached hydrogens (tertiary/aromatic N) is 5. The predicted octanol–water partition coefficient (Wildman–Crippen LogP) is -0.941. The molecule has 0 aliphatic rings. The second kappa shape index (κ2) is 22.5. The van der Waals surface area contributed by atoms with Crippen LogP contribution in [0.4, 0.5) is 17.5 Å². The molecule has 0 bridgehead atoms. The van der Waals surface area contributed by atoms with Crippen molar-refractivity contribution in [3.8, 4) is 0 Å². The lowest BCUT2D eigenvalue weighted by atomic mass is 10.1. The first-order valence-electron chi connectivity index (χ1n) is 15.9. The summed E-state index contributed by atoms with van der Waals surface area (Å²) >= 11 is 0. The molecule has 0 saturated heterocycles. The molecule has 3 aromatic rings. The zero-order valence-corrected chi connectivity index (χ0v) is 28.8. The van der Waals surface area contributed by atoms with Crippen LogP contribution in [0.25, 0.3) is 11.2 Å². The first-order valence-corrected chi connectivity index (χ1v) is 15.9. The fourth-order valence-electron chi connectivity index (χ4n) is 4.06. The maximum Gasteiger partial charge on any atom is 0.326 e. The molecule has 53 heavy (non-hydrogen) atoms. The van der Waals surface area contributed by atoms with Gasteiger partial charge in [-0.2, -0.15) is 9.97 Å². The summed E-state index contributed by atoms with van der Waals surface area (Å²) in [6.07, 6.45) is 2.90. The van der Waals surface area contributed by atoms with E-state index in [0.717, 1.165) is 18.5 Å². The Morgan fingerprint density at radius 1 is 0.774 bits per heavy atom. The van der Waals surface area contributed by atoms with Crippen LogP contribution in [0, 0.1) is 0 Å². The van der Waals surface area contributed by atoms with E-state index in [9.17, 15) is 33.9 Å². The van der Waals surface area contributed by atoms with Crippen LogP contribution in [0.3, 0.4) is 0 Å². The van der Waals surface area contributed by atoms with Crippen molar-refractivity contribution in [3.05, 3.63) is 41.7 Å². The topological polar surface area (TPSA) is 400 Å². The summed E-state index contributed by atoms with van der Waals surface area (Å²) in [7, 11) is 1.82. The molecule has 0 spiro atoms. The highest BCUT2D eigenvalue weighted by atomic mass is 16.4. The molecule has 0 aliphatic carbocycles. The number of fused-ring (bicyclic) bond motifs is 1. The summed E-state index contributed by atoms with van der Waals surface area (Å²) < 4.78 is 0. The van der Waals surface area contributed by atoms with E-state index in [0.29, 0.717) is 36.4 Å². The number of carbonyl (C=O) groups excluding carboxylic acids is 1. The normalized spacial score (nSPS) is 12.1. The van der Waals surface area contributed by atoms with Gasteiger partial charge in [0.15, 0.2) is 17.0 Å². The van der Waals surface area contributed by atoms with Gasteiger partial charge in [0.1, 0.15) is 18.1 Å². The second-order valence-electron chi connectivity index (χ2n) is 11.3. The highest BCUT2D eigenvalue weighted by molar-refractivity contribution is 5.97. The van der Waals surface area contributed by atoms with Crippen molar-refractivity contribution >= 4 is 64.4 Å². The largest absolute Gasteiger partial charge is 0.481 e. The summed E-state index contributed by atoms with van der Waals surface area (Å²) in [6.45, 7) is 0.973. The van der Waals surface area contributed by atoms with Crippen LogP contribution >= 0.6 is 0 Å². The molecule has 3 unspecified atom stereocenters. The lowest BCUT2D eigenvalue weighted by molar-refractivity contribution is -0.142. The zero-order chi connectivity index (χ0) is 40.2. The molecule has 1 amide bonds. The minimum atomic E-state index is -1.30. The monoisotopic (exact) mass is 747 g/mol. The molecular formula is C31H45N11O11. The van der Waals surface area contributed by atoms with Crippen LogP contribution in [0.5, 0.6) is 0 Å². The van der Waals surface area contributed by atoms with Gasteiger partial charge in [0.05, 0.1) is 18.4 Å². The van der Waals surface area contributed by atoms with Gasteiger partial charge in [0.25, 0.3) is 5.91 Å². The highest BCUT2D eigenvalue weighted by Crippen LogP contribution is 2.19. The first kappa shape index (κ1) is 44.8. The number of carboxylic acid groups (broad SMARTS) is 5. The van der Waals surface area contributed by atoms with Gasteiger partial charge in [-0.25, -0.2) is 14.8 Å². The number of nitrogens with one attached hydrogen (secondary N) is 1. The number of hydrogen-bond acceptors (Lipinski definition) is 16. The van der Waals surface area contributed by atoms with Crippen molar-refractivity contribution < 1.29 is 54.3 Å². The highest BCUT2D eigenvalue weighted by Gasteiger charge is 2.22. The van der Waals surface area contributed by atoms with Crippen molar-refractivity contribution in [1.82, 2.24) is 25.3 Å². The number of aromatic nitrogens is 4. The van der Waals surface area contributed by atoms with Crippen molar-refractivity contribution in [3.63, 3.8) is 0 Å². The summed E-state index contributed by atoms with van der Waals surface area (Å²) in [5.74, 6) is -6.04. The van der Waals surface area contributed by atoms with E-state index < -0.39 is 53.9 Å². The van der Waals surface area contributed by atoms with Gasteiger partial charge in [-0.15, -0.1) is 0 Å². The van der Waals surface area contributed by atoms with Crippen molar-refractivity contribution in [2.75, 3.05) is 30.0 Å². The summed E-state index contributed by atoms with van der Waals surface area (Å²) in [4.78, 5) is 82.7. The maximum absolute atomic E-state index is 12.4. The Hall–Kier alpha value is -6.26. The Balaban J connectivity index is 0.000000575.